The van der Waals surface area contributed by atoms with Crippen molar-refractivity contribution in [3.05, 3.63) is 24.3 Å². The summed E-state index contributed by atoms with van der Waals surface area (Å²) in [6.45, 7) is 4.59. The highest BCUT2D eigenvalue weighted by atomic mass is 16.5. The zero-order valence-electron chi connectivity index (χ0n) is 10.7. The maximum atomic E-state index is 11.4. The number of esters is 1. The molecule has 0 aliphatic carbocycles. The largest absolute Gasteiger partial charge is 0.491 e. The van der Waals surface area contributed by atoms with Gasteiger partial charge in [0.2, 0.25) is 0 Å². The molecule has 18 heavy (non-hydrogen) atoms. The molecule has 1 aliphatic rings. The molecule has 0 N–H and O–H groups in total. The number of carbonyl (C=O) groups is 1. The highest BCUT2D eigenvalue weighted by Crippen LogP contribution is 2.30. The van der Waals surface area contributed by atoms with Crippen molar-refractivity contribution in [1.29, 1.82) is 0 Å². The second-order valence-corrected chi connectivity index (χ2v) is 4.21. The molecule has 1 aromatic rings. The van der Waals surface area contributed by atoms with Gasteiger partial charge in [-0.2, -0.15) is 0 Å². The number of hydrogen-bond donors (Lipinski definition) is 0. The van der Waals surface area contributed by atoms with Gasteiger partial charge in [0, 0.05) is 13.1 Å². The monoisotopic (exact) mass is 249 g/mol. The zero-order valence-corrected chi connectivity index (χ0v) is 10.7. The van der Waals surface area contributed by atoms with Crippen molar-refractivity contribution in [2.75, 3.05) is 31.2 Å². The molecular formula is C14H19NO3. The van der Waals surface area contributed by atoms with Gasteiger partial charge < -0.3 is 14.4 Å². The molecule has 2 rings (SSSR count). The first-order valence-corrected chi connectivity index (χ1v) is 6.43. The van der Waals surface area contributed by atoms with E-state index >= 15 is 0 Å². The number of anilines is 1. The molecule has 4 heteroatoms. The van der Waals surface area contributed by atoms with Gasteiger partial charge in [0.1, 0.15) is 5.75 Å². The van der Waals surface area contributed by atoms with Crippen molar-refractivity contribution in [2.24, 2.45) is 0 Å². The van der Waals surface area contributed by atoms with Crippen LogP contribution in [0, 0.1) is 0 Å². The Hall–Kier alpha value is -1.71. The smallest absolute Gasteiger partial charge is 0.307 e. The first-order valence-electron chi connectivity index (χ1n) is 6.43. The summed E-state index contributed by atoms with van der Waals surface area (Å²) in [4.78, 5) is 13.6. The third-order valence-electron chi connectivity index (χ3n) is 2.93. The minimum atomic E-state index is -0.139. The van der Waals surface area contributed by atoms with E-state index in [9.17, 15) is 4.79 Å². The lowest BCUT2D eigenvalue weighted by Gasteiger charge is -2.23. The Labute approximate surface area is 107 Å². The maximum Gasteiger partial charge on any atom is 0.307 e. The fourth-order valence-corrected chi connectivity index (χ4v) is 2.09. The van der Waals surface area contributed by atoms with Crippen molar-refractivity contribution in [3.8, 4) is 5.75 Å². The van der Waals surface area contributed by atoms with Crippen LogP contribution in [0.3, 0.4) is 0 Å². The topological polar surface area (TPSA) is 38.8 Å². The van der Waals surface area contributed by atoms with Gasteiger partial charge in [-0.1, -0.05) is 12.1 Å². The molecular weight excluding hydrogens is 230 g/mol. The Morgan fingerprint density at radius 3 is 3.11 bits per heavy atom. The van der Waals surface area contributed by atoms with Gasteiger partial charge in [-0.25, -0.2) is 0 Å². The predicted octanol–water partition coefficient (Wildman–Crippen LogP) is 2.23. The summed E-state index contributed by atoms with van der Waals surface area (Å²) in [5.74, 6) is 0.763. The Morgan fingerprint density at radius 2 is 2.28 bits per heavy atom. The van der Waals surface area contributed by atoms with Crippen LogP contribution in [0.15, 0.2) is 24.3 Å². The van der Waals surface area contributed by atoms with Crippen LogP contribution in [0.5, 0.6) is 5.75 Å². The van der Waals surface area contributed by atoms with E-state index in [0.29, 0.717) is 19.6 Å². The molecule has 0 unspecified atom stereocenters. The van der Waals surface area contributed by atoms with Gasteiger partial charge in [-0.05, 0) is 25.5 Å². The quantitative estimate of drug-likeness (QED) is 0.767. The summed E-state index contributed by atoms with van der Waals surface area (Å²) in [7, 11) is 0. The van der Waals surface area contributed by atoms with E-state index in [-0.39, 0.29) is 5.97 Å². The number of hydrogen-bond acceptors (Lipinski definition) is 4. The van der Waals surface area contributed by atoms with Crippen LogP contribution in [0.2, 0.25) is 0 Å². The molecule has 1 aromatic carbocycles. The van der Waals surface area contributed by atoms with E-state index in [1.165, 1.54) is 0 Å². The van der Waals surface area contributed by atoms with Crippen LogP contribution < -0.4 is 9.64 Å². The maximum absolute atomic E-state index is 11.4. The van der Waals surface area contributed by atoms with Crippen LogP contribution in [0.4, 0.5) is 5.69 Å². The lowest BCUT2D eigenvalue weighted by molar-refractivity contribution is -0.142. The highest BCUT2D eigenvalue weighted by molar-refractivity contribution is 5.70. The second kappa shape index (κ2) is 6.28. The summed E-state index contributed by atoms with van der Waals surface area (Å²) in [5.41, 5.74) is 1.07. The van der Waals surface area contributed by atoms with Crippen molar-refractivity contribution in [1.82, 2.24) is 0 Å². The first kappa shape index (κ1) is 12.7. The van der Waals surface area contributed by atoms with E-state index in [4.69, 9.17) is 9.47 Å². The van der Waals surface area contributed by atoms with Crippen molar-refractivity contribution in [2.45, 2.75) is 19.8 Å². The Balaban J connectivity index is 2.02. The van der Waals surface area contributed by atoms with E-state index in [0.717, 1.165) is 31.0 Å². The standard InChI is InChI=1S/C14H19NO3/c1-2-17-14(16)8-10-15-9-5-11-18-13-7-4-3-6-12(13)15/h3-4,6-7H,2,5,8-11H2,1H3. The third kappa shape index (κ3) is 3.15. The van der Waals surface area contributed by atoms with Crippen LogP contribution in [-0.2, 0) is 9.53 Å². The Bertz CT molecular complexity index is 406. The van der Waals surface area contributed by atoms with Gasteiger partial charge in [0.05, 0.1) is 25.3 Å². The number of carbonyl (C=O) groups excluding carboxylic acids is 1. The summed E-state index contributed by atoms with van der Waals surface area (Å²) in [5, 5.41) is 0. The van der Waals surface area contributed by atoms with Gasteiger partial charge in [-0.15, -0.1) is 0 Å². The molecule has 0 spiro atoms. The molecule has 0 saturated carbocycles. The van der Waals surface area contributed by atoms with Gasteiger partial charge >= 0.3 is 5.97 Å². The van der Waals surface area contributed by atoms with E-state index in [1.807, 2.05) is 31.2 Å². The number of ether oxygens (including phenoxy) is 2. The van der Waals surface area contributed by atoms with E-state index in [1.54, 1.807) is 0 Å². The molecule has 0 radical (unpaired) electrons. The number of nitrogens with zero attached hydrogens (tertiary/aromatic N) is 1. The molecule has 0 amide bonds. The minimum absolute atomic E-state index is 0.139. The normalized spacial score (nSPS) is 14.4. The van der Waals surface area contributed by atoms with Crippen molar-refractivity contribution in [3.63, 3.8) is 0 Å². The van der Waals surface area contributed by atoms with Gasteiger partial charge in [0.15, 0.2) is 0 Å². The molecule has 0 aromatic heterocycles. The van der Waals surface area contributed by atoms with Crippen LogP contribution in [-0.4, -0.2) is 32.3 Å². The average molecular weight is 249 g/mol. The fourth-order valence-electron chi connectivity index (χ4n) is 2.09. The van der Waals surface area contributed by atoms with Crippen molar-refractivity contribution < 1.29 is 14.3 Å². The van der Waals surface area contributed by atoms with Gasteiger partial charge in [0.25, 0.3) is 0 Å². The van der Waals surface area contributed by atoms with Crippen LogP contribution in [0.1, 0.15) is 19.8 Å². The molecule has 0 saturated heterocycles. The van der Waals surface area contributed by atoms with Gasteiger partial charge in [-0.3, -0.25) is 4.79 Å². The molecule has 0 bridgehead atoms. The molecule has 4 nitrogen and oxygen atoms in total. The molecule has 1 heterocycles. The summed E-state index contributed by atoms with van der Waals surface area (Å²) >= 11 is 0. The first-order chi connectivity index (χ1) is 8.81. The summed E-state index contributed by atoms with van der Waals surface area (Å²) in [6.07, 6.45) is 1.39. The number of fused-ring (bicyclic) bond motifs is 1. The number of rotatable bonds is 4. The number of para-hydroxylation sites is 2. The highest BCUT2D eigenvalue weighted by Gasteiger charge is 2.16. The lowest BCUT2D eigenvalue weighted by Crippen LogP contribution is -2.27. The molecule has 0 atom stereocenters. The molecule has 98 valence electrons. The minimum Gasteiger partial charge on any atom is -0.491 e. The Morgan fingerprint density at radius 1 is 1.44 bits per heavy atom. The second-order valence-electron chi connectivity index (χ2n) is 4.21. The van der Waals surface area contributed by atoms with Crippen molar-refractivity contribution >= 4 is 11.7 Å². The average Bonchev–Trinajstić information content (AvgIpc) is 2.59. The summed E-state index contributed by atoms with van der Waals surface area (Å²) < 4.78 is 10.6. The Kier molecular flexibility index (Phi) is 4.45. The fraction of sp³-hybridized carbons (Fsp3) is 0.500. The van der Waals surface area contributed by atoms with Crippen LogP contribution in [0.25, 0.3) is 0 Å². The predicted molar refractivity (Wildman–Crippen MR) is 70.0 cm³/mol. The molecule has 1 aliphatic heterocycles. The zero-order chi connectivity index (χ0) is 12.8. The third-order valence-corrected chi connectivity index (χ3v) is 2.93. The molecule has 0 fully saturated rings. The summed E-state index contributed by atoms with van der Waals surface area (Å²) in [6, 6.07) is 7.96. The number of benzene rings is 1. The lowest BCUT2D eigenvalue weighted by atomic mass is 10.2. The van der Waals surface area contributed by atoms with Crippen LogP contribution >= 0.6 is 0 Å². The SMILES string of the molecule is CCOC(=O)CCN1CCCOc2ccccc21. The van der Waals surface area contributed by atoms with E-state index < -0.39 is 0 Å². The van der Waals surface area contributed by atoms with E-state index in [2.05, 4.69) is 4.90 Å².